The van der Waals surface area contributed by atoms with Gasteiger partial charge in [0.15, 0.2) is 0 Å². The van der Waals surface area contributed by atoms with Gasteiger partial charge in [0, 0.05) is 15.2 Å². The minimum Gasteiger partial charge on any atom is -0.480 e. The van der Waals surface area contributed by atoms with E-state index in [1.54, 1.807) is 19.5 Å². The average molecular weight is 453 g/mol. The molecule has 0 atom stereocenters. The van der Waals surface area contributed by atoms with Gasteiger partial charge in [0.05, 0.1) is 19.5 Å². The van der Waals surface area contributed by atoms with Crippen molar-refractivity contribution in [1.29, 1.82) is 0 Å². The Hall–Kier alpha value is -1.90. The fraction of sp³-hybridized carbons (Fsp3) is 0.389. The third-order valence-corrected chi connectivity index (χ3v) is 4.92. The largest absolute Gasteiger partial charge is 0.480 e. The van der Waals surface area contributed by atoms with Gasteiger partial charge in [-0.2, -0.15) is 4.98 Å². The summed E-state index contributed by atoms with van der Waals surface area (Å²) in [6.07, 6.45) is 6.74. The molecule has 0 radical (unpaired) electrons. The van der Waals surface area contributed by atoms with Crippen molar-refractivity contribution in [3.05, 3.63) is 45.8 Å². The summed E-state index contributed by atoms with van der Waals surface area (Å²) in [4.78, 5) is 20.6. The molecule has 1 amide bonds. The van der Waals surface area contributed by atoms with Crippen LogP contribution in [0.1, 0.15) is 36.0 Å². The van der Waals surface area contributed by atoms with Crippen LogP contribution in [0.15, 0.2) is 36.7 Å². The second kappa shape index (κ2) is 8.46. The Morgan fingerprint density at radius 2 is 1.80 bits per heavy atom. The van der Waals surface area contributed by atoms with Crippen LogP contribution in [0, 0.1) is 3.57 Å². The third-order valence-electron chi connectivity index (χ3n) is 4.20. The Morgan fingerprint density at radius 1 is 1.12 bits per heavy atom. The normalized spacial score (nSPS) is 19.9. The zero-order valence-corrected chi connectivity index (χ0v) is 16.1. The number of carbonyl (C=O) groups excluding carboxylic acids is 1. The third kappa shape index (κ3) is 5.04. The number of ether oxygens (including phenoxy) is 2. The Kier molecular flexibility index (Phi) is 6.06. The molecular formula is C18H20IN3O3. The highest BCUT2D eigenvalue weighted by Gasteiger charge is 2.24. The van der Waals surface area contributed by atoms with Crippen molar-refractivity contribution in [1.82, 2.24) is 15.3 Å². The van der Waals surface area contributed by atoms with E-state index in [0.29, 0.717) is 17.3 Å². The van der Waals surface area contributed by atoms with Gasteiger partial charge in [-0.3, -0.25) is 9.78 Å². The summed E-state index contributed by atoms with van der Waals surface area (Å²) in [5.41, 5.74) is 0.699. The monoisotopic (exact) mass is 453 g/mol. The predicted octanol–water partition coefficient (Wildman–Crippen LogP) is 3.21. The molecule has 1 aliphatic carbocycles. The average Bonchev–Trinajstić information content (AvgIpc) is 2.64. The van der Waals surface area contributed by atoms with Crippen molar-refractivity contribution < 1.29 is 14.3 Å². The van der Waals surface area contributed by atoms with Crippen LogP contribution in [0.3, 0.4) is 0 Å². The maximum atomic E-state index is 12.3. The number of methoxy groups -OCH3 is 1. The summed E-state index contributed by atoms with van der Waals surface area (Å²) in [5.74, 6) is 0.904. The van der Waals surface area contributed by atoms with E-state index in [0.717, 1.165) is 29.3 Å². The van der Waals surface area contributed by atoms with Crippen LogP contribution in [0.4, 0.5) is 0 Å². The lowest BCUT2D eigenvalue weighted by molar-refractivity contribution is 0.0889. The van der Waals surface area contributed by atoms with Crippen LogP contribution in [-0.4, -0.2) is 35.1 Å². The van der Waals surface area contributed by atoms with Crippen molar-refractivity contribution in [2.45, 2.75) is 37.8 Å². The Labute approximate surface area is 160 Å². The summed E-state index contributed by atoms with van der Waals surface area (Å²) in [6.45, 7) is 0. The summed E-state index contributed by atoms with van der Waals surface area (Å²) in [7, 11) is 1.55. The van der Waals surface area contributed by atoms with Crippen molar-refractivity contribution in [2.75, 3.05) is 7.11 Å². The molecule has 3 rings (SSSR count). The first-order valence-corrected chi connectivity index (χ1v) is 9.31. The van der Waals surface area contributed by atoms with Gasteiger partial charge in [-0.25, -0.2) is 0 Å². The smallest absolute Gasteiger partial charge is 0.251 e. The lowest BCUT2D eigenvalue weighted by atomic mass is 9.92. The molecule has 1 N–H and O–H groups in total. The number of hydrogen-bond donors (Lipinski definition) is 1. The molecule has 0 spiro atoms. The first kappa shape index (κ1) is 17.9. The molecule has 1 heterocycles. The Bertz CT molecular complexity index is 716. The molecule has 0 aliphatic heterocycles. The van der Waals surface area contributed by atoms with Crippen LogP contribution in [-0.2, 0) is 0 Å². The van der Waals surface area contributed by atoms with E-state index in [2.05, 4.69) is 37.9 Å². The summed E-state index contributed by atoms with van der Waals surface area (Å²) >= 11 is 2.23. The van der Waals surface area contributed by atoms with Crippen LogP contribution < -0.4 is 14.8 Å². The zero-order valence-electron chi connectivity index (χ0n) is 13.9. The van der Waals surface area contributed by atoms with E-state index in [1.165, 1.54) is 0 Å². The van der Waals surface area contributed by atoms with Gasteiger partial charge < -0.3 is 14.8 Å². The zero-order chi connectivity index (χ0) is 17.6. The minimum atomic E-state index is -0.0144. The molecule has 1 aromatic carbocycles. The standard InChI is InChI=1S/C18H20IN3O3/c1-24-16-10-20-11-17(22-16)25-15-8-6-14(7-9-15)21-18(23)12-2-4-13(19)5-3-12/h2-5,10-11,14-15H,6-9H2,1H3,(H,21,23). The van der Waals surface area contributed by atoms with Gasteiger partial charge in [-0.15, -0.1) is 0 Å². The highest BCUT2D eigenvalue weighted by atomic mass is 127. The van der Waals surface area contributed by atoms with E-state index in [4.69, 9.17) is 9.47 Å². The van der Waals surface area contributed by atoms with Gasteiger partial charge in [0.2, 0.25) is 11.8 Å². The SMILES string of the molecule is COc1cncc(OC2CCC(NC(=O)c3ccc(I)cc3)CC2)n1. The van der Waals surface area contributed by atoms with Gasteiger partial charge in [0.1, 0.15) is 6.10 Å². The number of rotatable bonds is 5. The Morgan fingerprint density at radius 3 is 2.48 bits per heavy atom. The van der Waals surface area contributed by atoms with Crippen molar-refractivity contribution in [2.24, 2.45) is 0 Å². The summed E-state index contributed by atoms with van der Waals surface area (Å²) in [6, 6.07) is 7.77. The van der Waals surface area contributed by atoms with E-state index in [-0.39, 0.29) is 18.1 Å². The number of benzene rings is 1. The van der Waals surface area contributed by atoms with Crippen LogP contribution in [0.25, 0.3) is 0 Å². The lowest BCUT2D eigenvalue weighted by Gasteiger charge is -2.29. The molecule has 6 nitrogen and oxygen atoms in total. The molecule has 0 bridgehead atoms. The highest BCUT2D eigenvalue weighted by Crippen LogP contribution is 2.23. The lowest BCUT2D eigenvalue weighted by Crippen LogP contribution is -2.39. The quantitative estimate of drug-likeness (QED) is 0.705. The topological polar surface area (TPSA) is 73.3 Å². The second-order valence-electron chi connectivity index (χ2n) is 5.97. The summed E-state index contributed by atoms with van der Waals surface area (Å²) < 4.78 is 12.1. The number of carbonyl (C=O) groups is 1. The molecule has 132 valence electrons. The van der Waals surface area contributed by atoms with Crippen molar-refractivity contribution in [3.63, 3.8) is 0 Å². The van der Waals surface area contributed by atoms with Crippen LogP contribution in [0.2, 0.25) is 0 Å². The summed E-state index contributed by atoms with van der Waals surface area (Å²) in [5, 5.41) is 3.11. The molecule has 1 saturated carbocycles. The van der Waals surface area contributed by atoms with E-state index >= 15 is 0 Å². The van der Waals surface area contributed by atoms with Gasteiger partial charge in [-0.05, 0) is 72.5 Å². The first-order chi connectivity index (χ1) is 12.1. The molecule has 0 saturated heterocycles. The number of hydrogen-bond acceptors (Lipinski definition) is 5. The van der Waals surface area contributed by atoms with Crippen LogP contribution in [0.5, 0.6) is 11.8 Å². The van der Waals surface area contributed by atoms with E-state index in [9.17, 15) is 4.79 Å². The maximum absolute atomic E-state index is 12.3. The predicted molar refractivity (Wildman–Crippen MR) is 102 cm³/mol. The van der Waals surface area contributed by atoms with Gasteiger partial charge >= 0.3 is 0 Å². The van der Waals surface area contributed by atoms with Crippen molar-refractivity contribution in [3.8, 4) is 11.8 Å². The molecule has 1 aliphatic rings. The first-order valence-electron chi connectivity index (χ1n) is 8.23. The molecule has 1 aromatic heterocycles. The van der Waals surface area contributed by atoms with Crippen molar-refractivity contribution >= 4 is 28.5 Å². The van der Waals surface area contributed by atoms with E-state index < -0.39 is 0 Å². The molecule has 1 fully saturated rings. The molecule has 7 heteroatoms. The number of nitrogens with zero attached hydrogens (tertiary/aromatic N) is 2. The van der Waals surface area contributed by atoms with Gasteiger partial charge in [0.25, 0.3) is 5.91 Å². The van der Waals surface area contributed by atoms with Crippen LogP contribution >= 0.6 is 22.6 Å². The molecule has 0 unspecified atom stereocenters. The number of nitrogens with one attached hydrogen (secondary N) is 1. The Balaban J connectivity index is 1.48. The molecule has 2 aromatic rings. The van der Waals surface area contributed by atoms with Gasteiger partial charge in [-0.1, -0.05) is 0 Å². The number of aromatic nitrogens is 2. The highest BCUT2D eigenvalue weighted by molar-refractivity contribution is 14.1. The second-order valence-corrected chi connectivity index (χ2v) is 7.22. The minimum absolute atomic E-state index is 0.0144. The molecular weight excluding hydrogens is 433 g/mol. The fourth-order valence-corrected chi connectivity index (χ4v) is 3.21. The number of halogens is 1. The molecule has 25 heavy (non-hydrogen) atoms. The van der Waals surface area contributed by atoms with E-state index in [1.807, 2.05) is 24.3 Å². The maximum Gasteiger partial charge on any atom is 0.251 e. The number of amides is 1. The fourth-order valence-electron chi connectivity index (χ4n) is 2.85.